The molecular weight excluding hydrogens is 484 g/mol. The van der Waals surface area contributed by atoms with E-state index in [1.807, 2.05) is 0 Å². The van der Waals surface area contributed by atoms with Crippen molar-refractivity contribution in [2.24, 2.45) is 5.92 Å². The Balaban J connectivity index is 4.50. The summed E-state index contributed by atoms with van der Waals surface area (Å²) in [6.07, 6.45) is 27.1. The van der Waals surface area contributed by atoms with Gasteiger partial charge in [-0.3, -0.25) is 9.59 Å². The van der Waals surface area contributed by atoms with E-state index in [1.54, 1.807) is 13.8 Å². The van der Waals surface area contributed by atoms with Crippen LogP contribution in [0.5, 0.6) is 0 Å². The summed E-state index contributed by atoms with van der Waals surface area (Å²) in [6, 6.07) is 0. The van der Waals surface area contributed by atoms with Crippen molar-refractivity contribution >= 4 is 17.7 Å². The molecule has 0 aliphatic carbocycles. The molecule has 0 bridgehead atoms. The summed E-state index contributed by atoms with van der Waals surface area (Å²) in [5.41, 5.74) is 0.719. The number of carbonyl (C=O) groups is 3. The van der Waals surface area contributed by atoms with Gasteiger partial charge in [0.05, 0.1) is 5.92 Å². The van der Waals surface area contributed by atoms with Crippen molar-refractivity contribution in [3.63, 3.8) is 0 Å². The standard InChI is InChI=1S/C35H64O4/c1-6-9-12-15-17-18-19-20-21-23-26-29-33(36)30(4)31(5)34(37)39-35(38)32(27-24-14-11-8-3)28-25-22-16-13-10-7-2/h32H,6-29H2,1-5H3. The zero-order valence-electron chi connectivity index (χ0n) is 26.7. The third kappa shape index (κ3) is 21.0. The molecule has 0 aromatic heterocycles. The minimum atomic E-state index is -0.647. The molecule has 0 N–H and O–H groups in total. The van der Waals surface area contributed by atoms with Crippen LogP contribution in [-0.2, 0) is 19.1 Å². The van der Waals surface area contributed by atoms with E-state index < -0.39 is 11.9 Å². The number of carbonyl (C=O) groups excluding carboxylic acids is 3. The Bertz CT molecular complexity index is 664. The van der Waals surface area contributed by atoms with Gasteiger partial charge in [-0.05, 0) is 33.1 Å². The van der Waals surface area contributed by atoms with Gasteiger partial charge in [0.25, 0.3) is 0 Å². The Kier molecular flexibility index (Phi) is 25.8. The number of hydrogen-bond donors (Lipinski definition) is 0. The molecule has 0 saturated carbocycles. The van der Waals surface area contributed by atoms with Crippen LogP contribution in [-0.4, -0.2) is 17.7 Å². The molecule has 0 saturated heterocycles. The lowest BCUT2D eigenvalue weighted by atomic mass is 9.94. The summed E-state index contributed by atoms with van der Waals surface area (Å²) >= 11 is 0. The van der Waals surface area contributed by atoms with Crippen LogP contribution in [0.15, 0.2) is 11.1 Å². The van der Waals surface area contributed by atoms with Crippen LogP contribution in [0.3, 0.4) is 0 Å². The first-order valence-electron chi connectivity index (χ1n) is 16.9. The summed E-state index contributed by atoms with van der Waals surface area (Å²) < 4.78 is 5.32. The first kappa shape index (κ1) is 37.6. The number of esters is 2. The van der Waals surface area contributed by atoms with Gasteiger partial charge in [0.1, 0.15) is 0 Å². The van der Waals surface area contributed by atoms with Crippen molar-refractivity contribution in [2.75, 3.05) is 0 Å². The molecule has 4 nitrogen and oxygen atoms in total. The second-order valence-corrected chi connectivity index (χ2v) is 11.8. The maximum absolute atomic E-state index is 12.9. The zero-order chi connectivity index (χ0) is 29.1. The van der Waals surface area contributed by atoms with E-state index >= 15 is 0 Å². The van der Waals surface area contributed by atoms with E-state index in [1.165, 1.54) is 89.9 Å². The second-order valence-electron chi connectivity index (χ2n) is 11.8. The molecule has 228 valence electrons. The summed E-state index contributed by atoms with van der Waals surface area (Å²) in [4.78, 5) is 38.3. The molecular formula is C35H64O4. The maximum atomic E-state index is 12.9. The van der Waals surface area contributed by atoms with Crippen molar-refractivity contribution in [3.8, 4) is 0 Å². The fraction of sp³-hybridized carbons (Fsp3) is 0.857. The van der Waals surface area contributed by atoms with E-state index in [2.05, 4.69) is 20.8 Å². The van der Waals surface area contributed by atoms with E-state index in [-0.39, 0.29) is 17.3 Å². The van der Waals surface area contributed by atoms with Crippen LogP contribution in [0.2, 0.25) is 0 Å². The summed E-state index contributed by atoms with van der Waals surface area (Å²) in [5, 5.41) is 0. The molecule has 0 rings (SSSR count). The first-order valence-corrected chi connectivity index (χ1v) is 16.9. The summed E-state index contributed by atoms with van der Waals surface area (Å²) in [5.74, 6) is -1.28. The molecule has 0 fully saturated rings. The normalized spacial score (nSPS) is 12.7. The minimum absolute atomic E-state index is 0.00369. The number of ether oxygens (including phenoxy) is 1. The Morgan fingerprint density at radius 1 is 0.487 bits per heavy atom. The van der Waals surface area contributed by atoms with Gasteiger partial charge in [0.15, 0.2) is 5.78 Å². The number of hydrogen-bond acceptors (Lipinski definition) is 4. The zero-order valence-corrected chi connectivity index (χ0v) is 26.7. The van der Waals surface area contributed by atoms with E-state index in [9.17, 15) is 14.4 Å². The predicted octanol–water partition coefficient (Wildman–Crippen LogP) is 11.0. The first-order chi connectivity index (χ1) is 18.9. The second kappa shape index (κ2) is 26.8. The Hall–Kier alpha value is -1.45. The molecule has 0 spiro atoms. The van der Waals surface area contributed by atoms with Gasteiger partial charge in [-0.25, -0.2) is 4.79 Å². The highest BCUT2D eigenvalue weighted by atomic mass is 16.6. The number of allylic oxidation sites excluding steroid dienone is 1. The SMILES string of the molecule is CCCCCCCCCCCCCC(=O)C(C)=C(C)C(=O)OC(=O)C(CCCCCC)CCCCCCCC. The smallest absolute Gasteiger partial charge is 0.341 e. The third-order valence-corrected chi connectivity index (χ3v) is 8.13. The van der Waals surface area contributed by atoms with Crippen molar-refractivity contribution in [1.29, 1.82) is 0 Å². The molecule has 1 atom stereocenters. The lowest BCUT2D eigenvalue weighted by molar-refractivity contribution is -0.160. The van der Waals surface area contributed by atoms with Gasteiger partial charge in [0.2, 0.25) is 0 Å². The molecule has 0 aliphatic heterocycles. The molecule has 4 heteroatoms. The average molecular weight is 549 g/mol. The highest BCUT2D eigenvalue weighted by Crippen LogP contribution is 2.22. The van der Waals surface area contributed by atoms with Crippen molar-refractivity contribution in [3.05, 3.63) is 11.1 Å². The topological polar surface area (TPSA) is 60.4 Å². The number of Topliss-reactive ketones (excluding diaryl/α,β-unsaturated/α-hetero) is 1. The lowest BCUT2D eigenvalue weighted by Crippen LogP contribution is -2.23. The van der Waals surface area contributed by atoms with Crippen LogP contribution in [0, 0.1) is 5.92 Å². The van der Waals surface area contributed by atoms with Crippen molar-refractivity contribution in [2.45, 2.75) is 189 Å². The molecule has 0 amide bonds. The Morgan fingerprint density at radius 2 is 0.846 bits per heavy atom. The summed E-state index contributed by atoms with van der Waals surface area (Å²) in [7, 11) is 0. The predicted molar refractivity (Wildman–Crippen MR) is 166 cm³/mol. The lowest BCUT2D eigenvalue weighted by Gasteiger charge is -2.16. The third-order valence-electron chi connectivity index (χ3n) is 8.13. The maximum Gasteiger partial charge on any atom is 0.341 e. The van der Waals surface area contributed by atoms with Crippen LogP contribution in [0.1, 0.15) is 189 Å². The number of ketones is 1. The fourth-order valence-corrected chi connectivity index (χ4v) is 5.12. The molecule has 0 aromatic rings. The van der Waals surface area contributed by atoms with Crippen molar-refractivity contribution in [1.82, 2.24) is 0 Å². The molecule has 1 unspecified atom stereocenters. The molecule has 0 aromatic carbocycles. The highest BCUT2D eigenvalue weighted by molar-refractivity contribution is 6.05. The van der Waals surface area contributed by atoms with Gasteiger partial charge in [0, 0.05) is 17.6 Å². The fourth-order valence-electron chi connectivity index (χ4n) is 5.12. The largest absolute Gasteiger partial charge is 0.389 e. The van der Waals surface area contributed by atoms with E-state index in [4.69, 9.17) is 4.74 Å². The highest BCUT2D eigenvalue weighted by Gasteiger charge is 2.24. The summed E-state index contributed by atoms with van der Waals surface area (Å²) in [6.45, 7) is 9.95. The minimum Gasteiger partial charge on any atom is -0.389 e. The molecule has 39 heavy (non-hydrogen) atoms. The van der Waals surface area contributed by atoms with Gasteiger partial charge < -0.3 is 4.74 Å². The average Bonchev–Trinajstić information content (AvgIpc) is 2.93. The Morgan fingerprint density at radius 3 is 1.28 bits per heavy atom. The monoisotopic (exact) mass is 548 g/mol. The quantitative estimate of drug-likeness (QED) is 0.0443. The van der Waals surface area contributed by atoms with E-state index in [0.717, 1.165) is 57.8 Å². The van der Waals surface area contributed by atoms with Crippen molar-refractivity contribution < 1.29 is 19.1 Å². The van der Waals surface area contributed by atoms with Crippen LogP contribution in [0.25, 0.3) is 0 Å². The van der Waals surface area contributed by atoms with E-state index in [0.29, 0.717) is 12.0 Å². The van der Waals surface area contributed by atoms with Gasteiger partial charge in [-0.2, -0.15) is 0 Å². The van der Waals surface area contributed by atoms with Crippen LogP contribution in [0.4, 0.5) is 0 Å². The number of rotatable bonds is 27. The van der Waals surface area contributed by atoms with Crippen LogP contribution >= 0.6 is 0 Å². The molecule has 0 aliphatic rings. The van der Waals surface area contributed by atoms with Crippen LogP contribution < -0.4 is 0 Å². The molecule has 0 heterocycles. The Labute approximate surface area is 242 Å². The van der Waals surface area contributed by atoms with Gasteiger partial charge in [-0.1, -0.05) is 149 Å². The van der Waals surface area contributed by atoms with Gasteiger partial charge in [-0.15, -0.1) is 0 Å². The number of unbranched alkanes of at least 4 members (excludes halogenated alkanes) is 18. The van der Waals surface area contributed by atoms with Gasteiger partial charge >= 0.3 is 11.9 Å². The molecule has 0 radical (unpaired) electrons.